The third-order valence-corrected chi connectivity index (χ3v) is 5.39. The van der Waals surface area contributed by atoms with Gasteiger partial charge in [-0.3, -0.25) is 9.36 Å². The molecule has 4 rings (SSSR count). The van der Waals surface area contributed by atoms with Crippen molar-refractivity contribution < 1.29 is 9.53 Å². The first-order valence-corrected chi connectivity index (χ1v) is 8.88. The lowest BCUT2D eigenvalue weighted by Crippen LogP contribution is -2.40. The maximum Gasteiger partial charge on any atom is 0.254 e. The summed E-state index contributed by atoms with van der Waals surface area (Å²) in [5.74, 6) is 0.0727. The SMILES string of the molecule is Cc1ccc(C)n1-c1nc2ccc(C(=O)N3CCOCC3)cc2s1. The van der Waals surface area contributed by atoms with Crippen LogP contribution in [-0.4, -0.2) is 46.7 Å². The molecule has 0 bridgehead atoms. The van der Waals surface area contributed by atoms with Gasteiger partial charge in [0, 0.05) is 30.0 Å². The summed E-state index contributed by atoms with van der Waals surface area (Å²) in [5.41, 5.74) is 3.98. The standard InChI is InChI=1S/C18H19N3O2S/c1-12-3-4-13(2)21(12)18-19-15-6-5-14(11-16(15)24-18)17(22)20-7-9-23-10-8-20/h3-6,11H,7-10H2,1-2H3. The molecule has 0 radical (unpaired) electrons. The van der Waals surface area contributed by atoms with Gasteiger partial charge in [-0.2, -0.15) is 0 Å². The van der Waals surface area contributed by atoms with E-state index in [1.807, 2.05) is 23.1 Å². The number of carbonyl (C=O) groups excluding carboxylic acids is 1. The summed E-state index contributed by atoms with van der Waals surface area (Å²) >= 11 is 1.62. The molecule has 0 N–H and O–H groups in total. The molecule has 3 heterocycles. The molecule has 1 aliphatic rings. The van der Waals surface area contributed by atoms with Crippen LogP contribution < -0.4 is 0 Å². The molecular weight excluding hydrogens is 322 g/mol. The normalized spacial score (nSPS) is 15.2. The zero-order valence-corrected chi connectivity index (χ0v) is 14.6. The van der Waals surface area contributed by atoms with Crippen molar-refractivity contribution in [3.8, 4) is 5.13 Å². The Bertz CT molecular complexity index is 887. The molecule has 1 aliphatic heterocycles. The van der Waals surface area contributed by atoms with E-state index in [0.717, 1.165) is 32.3 Å². The lowest BCUT2D eigenvalue weighted by Gasteiger charge is -2.26. The second-order valence-electron chi connectivity index (χ2n) is 6.04. The van der Waals surface area contributed by atoms with Gasteiger partial charge in [-0.05, 0) is 44.2 Å². The fourth-order valence-electron chi connectivity index (χ4n) is 3.06. The van der Waals surface area contributed by atoms with E-state index in [2.05, 4.69) is 30.5 Å². The number of benzene rings is 1. The number of hydrogen-bond donors (Lipinski definition) is 0. The van der Waals surface area contributed by atoms with Crippen molar-refractivity contribution in [1.82, 2.24) is 14.5 Å². The zero-order valence-electron chi connectivity index (χ0n) is 13.8. The van der Waals surface area contributed by atoms with Crippen LogP contribution in [0.25, 0.3) is 15.3 Å². The van der Waals surface area contributed by atoms with E-state index in [1.54, 1.807) is 11.3 Å². The fourth-order valence-corrected chi connectivity index (χ4v) is 4.18. The number of amides is 1. The molecule has 0 saturated carbocycles. The number of fused-ring (bicyclic) bond motifs is 1. The number of rotatable bonds is 2. The molecule has 2 aromatic heterocycles. The van der Waals surface area contributed by atoms with Gasteiger partial charge in [-0.15, -0.1) is 0 Å². The first kappa shape index (κ1) is 15.4. The summed E-state index contributed by atoms with van der Waals surface area (Å²) in [6.07, 6.45) is 0. The van der Waals surface area contributed by atoms with Crippen LogP contribution in [0.1, 0.15) is 21.7 Å². The van der Waals surface area contributed by atoms with Crippen LogP contribution in [0.4, 0.5) is 0 Å². The van der Waals surface area contributed by atoms with Crippen LogP contribution in [0.2, 0.25) is 0 Å². The molecule has 6 heteroatoms. The molecule has 0 spiro atoms. The largest absolute Gasteiger partial charge is 0.378 e. The number of thiazole rings is 1. The third-order valence-electron chi connectivity index (χ3n) is 4.38. The minimum atomic E-state index is 0.0727. The van der Waals surface area contributed by atoms with Gasteiger partial charge >= 0.3 is 0 Å². The number of hydrogen-bond acceptors (Lipinski definition) is 4. The summed E-state index contributed by atoms with van der Waals surface area (Å²) in [6, 6.07) is 9.96. The topological polar surface area (TPSA) is 47.4 Å². The Kier molecular flexibility index (Phi) is 3.86. The highest BCUT2D eigenvalue weighted by atomic mass is 32.1. The highest BCUT2D eigenvalue weighted by Gasteiger charge is 2.19. The number of ether oxygens (including phenoxy) is 1. The minimum absolute atomic E-state index is 0.0727. The number of morpholine rings is 1. The smallest absolute Gasteiger partial charge is 0.254 e. The molecule has 0 aliphatic carbocycles. The molecule has 3 aromatic rings. The number of aryl methyl sites for hydroxylation is 2. The van der Waals surface area contributed by atoms with E-state index in [4.69, 9.17) is 9.72 Å². The molecule has 1 aromatic carbocycles. The van der Waals surface area contributed by atoms with Crippen molar-refractivity contribution in [1.29, 1.82) is 0 Å². The van der Waals surface area contributed by atoms with Gasteiger partial charge in [0.05, 0.1) is 23.4 Å². The van der Waals surface area contributed by atoms with E-state index in [0.29, 0.717) is 26.3 Å². The van der Waals surface area contributed by atoms with Gasteiger partial charge in [0.25, 0.3) is 5.91 Å². The van der Waals surface area contributed by atoms with Crippen molar-refractivity contribution in [2.45, 2.75) is 13.8 Å². The molecule has 1 saturated heterocycles. The lowest BCUT2D eigenvalue weighted by molar-refractivity contribution is 0.0303. The molecule has 24 heavy (non-hydrogen) atoms. The second-order valence-corrected chi connectivity index (χ2v) is 7.04. The van der Waals surface area contributed by atoms with E-state index < -0.39 is 0 Å². The van der Waals surface area contributed by atoms with Gasteiger partial charge < -0.3 is 9.64 Å². The minimum Gasteiger partial charge on any atom is -0.378 e. The van der Waals surface area contributed by atoms with Crippen LogP contribution in [0.5, 0.6) is 0 Å². The summed E-state index contributed by atoms with van der Waals surface area (Å²) in [7, 11) is 0. The summed E-state index contributed by atoms with van der Waals surface area (Å²) in [5, 5.41) is 0.945. The quantitative estimate of drug-likeness (QED) is 0.719. The Hall–Kier alpha value is -2.18. The zero-order chi connectivity index (χ0) is 16.7. The van der Waals surface area contributed by atoms with Crippen molar-refractivity contribution in [2.24, 2.45) is 0 Å². The Morgan fingerprint density at radius 2 is 1.83 bits per heavy atom. The summed E-state index contributed by atoms with van der Waals surface area (Å²) in [4.78, 5) is 19.2. The number of carbonyl (C=O) groups is 1. The first-order chi connectivity index (χ1) is 11.6. The first-order valence-electron chi connectivity index (χ1n) is 8.06. The number of nitrogens with zero attached hydrogens (tertiary/aromatic N) is 3. The van der Waals surface area contributed by atoms with Crippen LogP contribution >= 0.6 is 11.3 Å². The predicted octanol–water partition coefficient (Wildman–Crippen LogP) is 3.18. The lowest BCUT2D eigenvalue weighted by atomic mass is 10.2. The van der Waals surface area contributed by atoms with E-state index in [1.165, 1.54) is 0 Å². The van der Waals surface area contributed by atoms with E-state index >= 15 is 0 Å². The van der Waals surface area contributed by atoms with Crippen LogP contribution in [-0.2, 0) is 4.74 Å². The van der Waals surface area contributed by atoms with Gasteiger partial charge in [0.2, 0.25) is 0 Å². The Morgan fingerprint density at radius 3 is 2.54 bits per heavy atom. The summed E-state index contributed by atoms with van der Waals surface area (Å²) in [6.45, 7) is 6.70. The maximum absolute atomic E-state index is 12.6. The van der Waals surface area contributed by atoms with Gasteiger partial charge in [-0.1, -0.05) is 11.3 Å². The van der Waals surface area contributed by atoms with E-state index in [-0.39, 0.29) is 5.91 Å². The molecule has 0 unspecified atom stereocenters. The van der Waals surface area contributed by atoms with Crippen LogP contribution in [0.15, 0.2) is 30.3 Å². The maximum atomic E-state index is 12.6. The third kappa shape index (κ3) is 2.61. The van der Waals surface area contributed by atoms with Crippen LogP contribution in [0.3, 0.4) is 0 Å². The Morgan fingerprint density at radius 1 is 1.12 bits per heavy atom. The van der Waals surface area contributed by atoms with Gasteiger partial charge in [0.15, 0.2) is 5.13 Å². The second kappa shape index (κ2) is 6.03. The molecule has 1 amide bonds. The van der Waals surface area contributed by atoms with E-state index in [9.17, 15) is 4.79 Å². The fraction of sp³-hybridized carbons (Fsp3) is 0.333. The summed E-state index contributed by atoms with van der Waals surface area (Å²) < 4.78 is 8.50. The Labute approximate surface area is 144 Å². The molecule has 5 nitrogen and oxygen atoms in total. The van der Waals surface area contributed by atoms with Gasteiger partial charge in [0.1, 0.15) is 0 Å². The highest BCUT2D eigenvalue weighted by Crippen LogP contribution is 2.28. The average Bonchev–Trinajstić information content (AvgIpc) is 3.16. The van der Waals surface area contributed by atoms with Crippen molar-refractivity contribution in [2.75, 3.05) is 26.3 Å². The molecule has 1 fully saturated rings. The van der Waals surface area contributed by atoms with Crippen LogP contribution in [0, 0.1) is 13.8 Å². The van der Waals surface area contributed by atoms with Gasteiger partial charge in [-0.25, -0.2) is 4.98 Å². The predicted molar refractivity (Wildman–Crippen MR) is 95.1 cm³/mol. The Balaban J connectivity index is 1.70. The van der Waals surface area contributed by atoms with Crippen molar-refractivity contribution >= 4 is 27.5 Å². The van der Waals surface area contributed by atoms with Crippen molar-refractivity contribution in [3.05, 3.63) is 47.3 Å². The monoisotopic (exact) mass is 341 g/mol. The molecule has 124 valence electrons. The number of aromatic nitrogens is 2. The molecule has 0 atom stereocenters. The molecular formula is C18H19N3O2S. The average molecular weight is 341 g/mol. The van der Waals surface area contributed by atoms with Crippen molar-refractivity contribution in [3.63, 3.8) is 0 Å². The highest BCUT2D eigenvalue weighted by molar-refractivity contribution is 7.20.